The van der Waals surface area contributed by atoms with Crippen LogP contribution in [0.15, 0.2) is 114 Å². The van der Waals surface area contributed by atoms with Crippen LogP contribution in [-0.4, -0.2) is 30.9 Å². The number of fused-ring (bicyclic) bond motifs is 1. The van der Waals surface area contributed by atoms with Gasteiger partial charge >= 0.3 is 6.03 Å². The van der Waals surface area contributed by atoms with Gasteiger partial charge in [0.25, 0.3) is 5.91 Å². The zero-order chi connectivity index (χ0) is 24.2. The van der Waals surface area contributed by atoms with Gasteiger partial charge in [0.05, 0.1) is 17.1 Å². The first-order valence-electron chi connectivity index (χ1n) is 11.3. The van der Waals surface area contributed by atoms with E-state index in [2.05, 4.69) is 10.6 Å². The molecule has 0 saturated heterocycles. The van der Waals surface area contributed by atoms with E-state index in [1.807, 2.05) is 109 Å². The molecule has 1 aliphatic rings. The number of rotatable bonds is 4. The summed E-state index contributed by atoms with van der Waals surface area (Å²) in [6.07, 6.45) is -1.09. The van der Waals surface area contributed by atoms with Crippen LogP contribution in [0.3, 0.4) is 0 Å². The molecule has 1 heterocycles. The van der Waals surface area contributed by atoms with Gasteiger partial charge in [0, 0.05) is 23.7 Å². The molecule has 0 radical (unpaired) electrons. The molecule has 1 atom stereocenters. The van der Waals surface area contributed by atoms with Gasteiger partial charge in [0.15, 0.2) is 0 Å². The number of urea groups is 1. The molecule has 6 nitrogen and oxygen atoms in total. The Kier molecular flexibility index (Phi) is 6.09. The number of hydrogen-bond donors (Lipinski definition) is 2. The molecule has 172 valence electrons. The van der Waals surface area contributed by atoms with Crippen molar-refractivity contribution in [3.63, 3.8) is 0 Å². The van der Waals surface area contributed by atoms with Crippen LogP contribution < -0.4 is 15.5 Å². The van der Waals surface area contributed by atoms with E-state index >= 15 is 0 Å². The first-order valence-corrected chi connectivity index (χ1v) is 11.3. The lowest BCUT2D eigenvalue weighted by Crippen LogP contribution is -2.47. The van der Waals surface area contributed by atoms with Gasteiger partial charge in [-0.25, -0.2) is 9.79 Å². The molecular formula is C29H24N4O2. The Morgan fingerprint density at radius 1 is 0.743 bits per heavy atom. The van der Waals surface area contributed by atoms with Crippen molar-refractivity contribution >= 4 is 29.0 Å². The third kappa shape index (κ3) is 4.54. The van der Waals surface area contributed by atoms with Crippen LogP contribution in [0.4, 0.5) is 16.2 Å². The number of carbonyl (C=O) groups is 2. The molecule has 0 saturated carbocycles. The summed E-state index contributed by atoms with van der Waals surface area (Å²) in [5.74, 6) is -0.324. The lowest BCUT2D eigenvalue weighted by molar-refractivity contribution is -0.119. The van der Waals surface area contributed by atoms with Gasteiger partial charge in [-0.1, -0.05) is 97.1 Å². The number of benzodiazepines with no additional fused rings is 1. The Balaban J connectivity index is 1.47. The number of likely N-dealkylation sites (N-methyl/N-ethyl adjacent to an activating group) is 1. The first kappa shape index (κ1) is 22.1. The lowest BCUT2D eigenvalue weighted by Gasteiger charge is -2.21. The Morgan fingerprint density at radius 2 is 1.31 bits per heavy atom. The Bertz CT molecular complexity index is 1400. The van der Waals surface area contributed by atoms with E-state index in [0.29, 0.717) is 11.4 Å². The highest BCUT2D eigenvalue weighted by molar-refractivity contribution is 6.20. The smallest absolute Gasteiger partial charge is 0.311 e. The number of nitrogens with one attached hydrogen (secondary N) is 2. The fourth-order valence-electron chi connectivity index (χ4n) is 4.19. The van der Waals surface area contributed by atoms with E-state index < -0.39 is 12.2 Å². The highest BCUT2D eigenvalue weighted by Crippen LogP contribution is 2.29. The SMILES string of the molecule is CN1C(=O)[C@H](NC(=O)Nc2ccccc2-c2ccccc2)N=C(c2ccccc2)c2ccccc21. The molecule has 2 N–H and O–H groups in total. The lowest BCUT2D eigenvalue weighted by atomic mass is 10.0. The number of amides is 3. The van der Waals surface area contributed by atoms with Gasteiger partial charge in [-0.05, 0) is 17.7 Å². The molecule has 3 amide bonds. The summed E-state index contributed by atoms with van der Waals surface area (Å²) >= 11 is 0. The Morgan fingerprint density at radius 3 is 2.03 bits per heavy atom. The summed E-state index contributed by atoms with van der Waals surface area (Å²) < 4.78 is 0. The average molecular weight is 461 g/mol. The molecule has 4 aromatic rings. The summed E-state index contributed by atoms with van der Waals surface area (Å²) in [6, 6.07) is 34.1. The monoisotopic (exact) mass is 460 g/mol. The van der Waals surface area contributed by atoms with Crippen molar-refractivity contribution in [3.05, 3.63) is 120 Å². The number of carbonyl (C=O) groups excluding carboxylic acids is 2. The highest BCUT2D eigenvalue weighted by atomic mass is 16.2. The normalized spacial score (nSPS) is 15.0. The van der Waals surface area contributed by atoms with Gasteiger partial charge in [-0.3, -0.25) is 4.79 Å². The molecule has 5 rings (SSSR count). The Labute approximate surface area is 203 Å². The second-order valence-corrected chi connectivity index (χ2v) is 8.17. The van der Waals surface area contributed by atoms with Gasteiger partial charge < -0.3 is 15.5 Å². The molecule has 4 aromatic carbocycles. The molecule has 0 aliphatic carbocycles. The van der Waals surface area contributed by atoms with Crippen LogP contribution in [0.1, 0.15) is 11.1 Å². The molecule has 0 aromatic heterocycles. The summed E-state index contributed by atoms with van der Waals surface area (Å²) in [5, 5.41) is 5.67. The van der Waals surface area contributed by atoms with Crippen LogP contribution in [0, 0.1) is 0 Å². The van der Waals surface area contributed by atoms with Crippen LogP contribution in [0.2, 0.25) is 0 Å². The van der Waals surface area contributed by atoms with Crippen LogP contribution in [0.25, 0.3) is 11.1 Å². The number of aliphatic imine (C=N–C) groups is 1. The minimum Gasteiger partial charge on any atom is -0.311 e. The second kappa shape index (κ2) is 9.65. The molecule has 1 aliphatic heterocycles. The maximum atomic E-state index is 13.3. The third-order valence-electron chi connectivity index (χ3n) is 5.92. The number of nitrogens with zero attached hydrogens (tertiary/aromatic N) is 2. The van der Waals surface area contributed by atoms with Crippen molar-refractivity contribution in [2.24, 2.45) is 4.99 Å². The predicted octanol–water partition coefficient (Wildman–Crippen LogP) is 5.32. The van der Waals surface area contributed by atoms with E-state index in [-0.39, 0.29) is 5.91 Å². The van der Waals surface area contributed by atoms with E-state index in [0.717, 1.165) is 27.9 Å². The minimum atomic E-state index is -1.09. The number of hydrogen-bond acceptors (Lipinski definition) is 3. The fraction of sp³-hybridized carbons (Fsp3) is 0.0690. The highest BCUT2D eigenvalue weighted by Gasteiger charge is 2.31. The molecular weight excluding hydrogens is 436 g/mol. The number of benzene rings is 4. The third-order valence-corrected chi connectivity index (χ3v) is 5.92. The van der Waals surface area contributed by atoms with Crippen LogP contribution in [-0.2, 0) is 4.79 Å². The van der Waals surface area contributed by atoms with Gasteiger partial charge in [-0.15, -0.1) is 0 Å². The van der Waals surface area contributed by atoms with E-state index in [4.69, 9.17) is 4.99 Å². The maximum Gasteiger partial charge on any atom is 0.321 e. The zero-order valence-corrected chi connectivity index (χ0v) is 19.2. The van der Waals surface area contributed by atoms with Crippen molar-refractivity contribution in [2.45, 2.75) is 6.17 Å². The number of para-hydroxylation sites is 2. The quantitative estimate of drug-likeness (QED) is 0.433. The first-order chi connectivity index (χ1) is 17.1. The minimum absolute atomic E-state index is 0.324. The van der Waals surface area contributed by atoms with Gasteiger partial charge in [-0.2, -0.15) is 0 Å². The second-order valence-electron chi connectivity index (χ2n) is 8.17. The summed E-state index contributed by atoms with van der Waals surface area (Å²) in [6.45, 7) is 0. The molecule has 0 bridgehead atoms. The standard InChI is InChI=1S/C29H24N4O2/c1-33-25-19-11-9-17-23(25)26(21-14-6-3-7-15-21)31-27(28(33)34)32-29(35)30-24-18-10-8-16-22(24)20-12-4-2-5-13-20/h2-19,27H,1H3,(H2,30,32,35)/t27-/m0/s1. The van der Waals surface area contributed by atoms with Crippen molar-refractivity contribution in [1.82, 2.24) is 5.32 Å². The molecule has 6 heteroatoms. The van der Waals surface area contributed by atoms with Crippen molar-refractivity contribution < 1.29 is 9.59 Å². The number of anilines is 2. The molecule has 0 fully saturated rings. The van der Waals surface area contributed by atoms with Crippen LogP contribution >= 0.6 is 0 Å². The topological polar surface area (TPSA) is 73.8 Å². The average Bonchev–Trinajstić information content (AvgIpc) is 3.01. The molecule has 35 heavy (non-hydrogen) atoms. The summed E-state index contributed by atoms with van der Waals surface area (Å²) in [4.78, 5) is 32.7. The van der Waals surface area contributed by atoms with Crippen molar-refractivity contribution in [2.75, 3.05) is 17.3 Å². The maximum absolute atomic E-state index is 13.3. The van der Waals surface area contributed by atoms with E-state index in [9.17, 15) is 9.59 Å². The van der Waals surface area contributed by atoms with Gasteiger partial charge in [0.2, 0.25) is 6.17 Å². The fourth-order valence-corrected chi connectivity index (χ4v) is 4.19. The molecule has 0 unspecified atom stereocenters. The predicted molar refractivity (Wildman–Crippen MR) is 140 cm³/mol. The summed E-state index contributed by atoms with van der Waals surface area (Å²) in [7, 11) is 1.70. The molecule has 0 spiro atoms. The summed E-state index contributed by atoms with van der Waals surface area (Å²) in [5.41, 5.74) is 5.58. The van der Waals surface area contributed by atoms with E-state index in [1.54, 1.807) is 7.05 Å². The largest absolute Gasteiger partial charge is 0.321 e. The van der Waals surface area contributed by atoms with Crippen molar-refractivity contribution in [3.8, 4) is 11.1 Å². The van der Waals surface area contributed by atoms with Crippen LogP contribution in [0.5, 0.6) is 0 Å². The van der Waals surface area contributed by atoms with E-state index in [1.165, 1.54) is 4.90 Å². The van der Waals surface area contributed by atoms with Crippen molar-refractivity contribution in [1.29, 1.82) is 0 Å². The van der Waals surface area contributed by atoms with Gasteiger partial charge in [0.1, 0.15) is 0 Å². The Hall–Kier alpha value is -4.71. The zero-order valence-electron chi connectivity index (χ0n) is 19.2.